The first-order valence-electron chi connectivity index (χ1n) is 10.7. The molecule has 1 aromatic heterocycles. The van der Waals surface area contributed by atoms with E-state index >= 15 is 0 Å². The fraction of sp³-hybridized carbons (Fsp3) is 0.154. The summed E-state index contributed by atoms with van der Waals surface area (Å²) in [6.45, 7) is 2.21. The lowest BCUT2D eigenvalue weighted by Gasteiger charge is -2.36. The predicted octanol–water partition coefficient (Wildman–Crippen LogP) is 4.64. The van der Waals surface area contributed by atoms with E-state index in [1.54, 1.807) is 16.8 Å². The van der Waals surface area contributed by atoms with E-state index in [-0.39, 0.29) is 11.7 Å². The Morgan fingerprint density at radius 2 is 1.41 bits per heavy atom. The topological polar surface area (TPSA) is 41.4 Å². The number of halogens is 1. The van der Waals surface area contributed by atoms with Gasteiger partial charge in [0.05, 0.1) is 17.1 Å². The lowest BCUT2D eigenvalue weighted by Crippen LogP contribution is -2.49. The van der Waals surface area contributed by atoms with Gasteiger partial charge in [-0.25, -0.2) is 9.07 Å². The first-order chi connectivity index (χ1) is 15.7. The maximum atomic E-state index is 14.2. The first-order valence-corrected chi connectivity index (χ1v) is 10.7. The van der Waals surface area contributed by atoms with Gasteiger partial charge < -0.3 is 9.80 Å². The quantitative estimate of drug-likeness (QED) is 0.477. The van der Waals surface area contributed by atoms with Crippen molar-refractivity contribution in [2.45, 2.75) is 0 Å². The van der Waals surface area contributed by atoms with Crippen LogP contribution in [0.2, 0.25) is 0 Å². The average Bonchev–Trinajstić information content (AvgIpc) is 3.31. The average molecular weight is 426 g/mol. The summed E-state index contributed by atoms with van der Waals surface area (Å²) in [5, 5.41) is 4.75. The van der Waals surface area contributed by atoms with Gasteiger partial charge in [0.25, 0.3) is 5.91 Å². The normalized spacial score (nSPS) is 13.9. The van der Waals surface area contributed by atoms with Gasteiger partial charge in [0, 0.05) is 31.7 Å². The Kier molecular flexibility index (Phi) is 5.42. The van der Waals surface area contributed by atoms with E-state index in [0.717, 1.165) is 16.9 Å². The minimum absolute atomic E-state index is 0.0725. The molecule has 3 aromatic carbocycles. The standard InChI is InChI=1S/C26H23FN4O/c27-22-13-7-8-14-24(22)29-15-17-30(18-16-29)26(32)25-19-23(20-9-3-1-4-10-20)28-31(25)21-11-5-2-6-12-21/h1-14,19H,15-18H2. The van der Waals surface area contributed by atoms with Crippen molar-refractivity contribution in [1.29, 1.82) is 0 Å². The maximum Gasteiger partial charge on any atom is 0.272 e. The van der Waals surface area contributed by atoms with Crippen molar-refractivity contribution >= 4 is 11.6 Å². The maximum absolute atomic E-state index is 14.2. The van der Waals surface area contributed by atoms with E-state index in [0.29, 0.717) is 37.6 Å². The van der Waals surface area contributed by atoms with Crippen LogP contribution >= 0.6 is 0 Å². The van der Waals surface area contributed by atoms with Gasteiger partial charge in [-0.3, -0.25) is 4.79 Å². The molecule has 1 saturated heterocycles. The van der Waals surface area contributed by atoms with Gasteiger partial charge in [-0.1, -0.05) is 60.7 Å². The van der Waals surface area contributed by atoms with Crippen molar-refractivity contribution in [1.82, 2.24) is 14.7 Å². The van der Waals surface area contributed by atoms with Crippen LogP contribution in [0, 0.1) is 5.82 Å². The van der Waals surface area contributed by atoms with Gasteiger partial charge in [-0.2, -0.15) is 5.10 Å². The first kappa shape index (κ1) is 20.0. The zero-order chi connectivity index (χ0) is 21.9. The Labute approximate surface area is 186 Å². The lowest BCUT2D eigenvalue weighted by atomic mass is 10.1. The van der Waals surface area contributed by atoms with E-state index in [9.17, 15) is 9.18 Å². The third kappa shape index (κ3) is 3.87. The predicted molar refractivity (Wildman–Crippen MR) is 124 cm³/mol. The van der Waals surface area contributed by atoms with Crippen molar-refractivity contribution in [3.8, 4) is 16.9 Å². The van der Waals surface area contributed by atoms with Crippen LogP contribution in [0.5, 0.6) is 0 Å². The molecule has 5 rings (SSSR count). The largest absolute Gasteiger partial charge is 0.366 e. The molecule has 32 heavy (non-hydrogen) atoms. The molecule has 5 nitrogen and oxygen atoms in total. The molecule has 1 aliphatic rings. The molecule has 0 N–H and O–H groups in total. The van der Waals surface area contributed by atoms with Crippen molar-refractivity contribution in [2.75, 3.05) is 31.1 Å². The van der Waals surface area contributed by atoms with Crippen LogP contribution in [-0.4, -0.2) is 46.8 Å². The third-order valence-corrected chi connectivity index (χ3v) is 5.76. The number of anilines is 1. The van der Waals surface area contributed by atoms with E-state index in [1.165, 1.54) is 6.07 Å². The number of hydrogen-bond acceptors (Lipinski definition) is 3. The van der Waals surface area contributed by atoms with Crippen molar-refractivity contribution < 1.29 is 9.18 Å². The second-order valence-corrected chi connectivity index (χ2v) is 7.76. The van der Waals surface area contributed by atoms with Crippen LogP contribution in [0.1, 0.15) is 10.5 Å². The second-order valence-electron chi connectivity index (χ2n) is 7.76. The highest BCUT2D eigenvalue weighted by atomic mass is 19.1. The van der Waals surface area contributed by atoms with E-state index in [2.05, 4.69) is 0 Å². The molecule has 0 radical (unpaired) electrons. The molecule has 1 amide bonds. The van der Waals surface area contributed by atoms with Crippen LogP contribution in [0.25, 0.3) is 16.9 Å². The smallest absolute Gasteiger partial charge is 0.272 e. The molecule has 0 spiro atoms. The van der Waals surface area contributed by atoms with E-state index in [1.807, 2.05) is 82.6 Å². The number of hydrogen-bond donors (Lipinski definition) is 0. The number of nitrogens with zero attached hydrogens (tertiary/aromatic N) is 4. The monoisotopic (exact) mass is 426 g/mol. The number of benzene rings is 3. The molecule has 0 unspecified atom stereocenters. The molecular weight excluding hydrogens is 403 g/mol. The molecule has 0 bridgehead atoms. The number of para-hydroxylation sites is 2. The number of amides is 1. The van der Waals surface area contributed by atoms with Crippen LogP contribution in [0.4, 0.5) is 10.1 Å². The summed E-state index contributed by atoms with van der Waals surface area (Å²) in [7, 11) is 0. The number of carbonyl (C=O) groups excluding carboxylic acids is 1. The van der Waals surface area contributed by atoms with Crippen LogP contribution in [-0.2, 0) is 0 Å². The van der Waals surface area contributed by atoms with Gasteiger partial charge in [-0.05, 0) is 30.3 Å². The van der Waals surface area contributed by atoms with Crippen LogP contribution in [0.15, 0.2) is 91.0 Å². The van der Waals surface area contributed by atoms with E-state index < -0.39 is 0 Å². The number of piperazine rings is 1. The van der Waals surface area contributed by atoms with Crippen molar-refractivity contribution in [3.05, 3.63) is 103 Å². The summed E-state index contributed by atoms with van der Waals surface area (Å²) >= 11 is 0. The van der Waals surface area contributed by atoms with Crippen molar-refractivity contribution in [2.24, 2.45) is 0 Å². The van der Waals surface area contributed by atoms with Crippen LogP contribution in [0.3, 0.4) is 0 Å². The second kappa shape index (κ2) is 8.67. The molecule has 160 valence electrons. The molecule has 6 heteroatoms. The SMILES string of the molecule is O=C(c1cc(-c2ccccc2)nn1-c1ccccc1)N1CCN(c2ccccc2F)CC1. The lowest BCUT2D eigenvalue weighted by molar-refractivity contribution is 0.0737. The zero-order valence-electron chi connectivity index (χ0n) is 17.6. The summed E-state index contributed by atoms with van der Waals surface area (Å²) in [5.41, 5.74) is 3.65. The number of aromatic nitrogens is 2. The van der Waals surface area contributed by atoms with Crippen molar-refractivity contribution in [3.63, 3.8) is 0 Å². The van der Waals surface area contributed by atoms with Gasteiger partial charge in [0.1, 0.15) is 11.5 Å². The Balaban J connectivity index is 1.42. The Hall–Kier alpha value is -3.93. The molecule has 1 fully saturated rings. The number of carbonyl (C=O) groups is 1. The fourth-order valence-corrected chi connectivity index (χ4v) is 4.07. The molecule has 1 aliphatic heterocycles. The summed E-state index contributed by atoms with van der Waals surface area (Å²) in [5.74, 6) is -0.307. The Morgan fingerprint density at radius 3 is 2.09 bits per heavy atom. The minimum Gasteiger partial charge on any atom is -0.366 e. The minimum atomic E-state index is -0.234. The Morgan fingerprint density at radius 1 is 0.781 bits per heavy atom. The zero-order valence-corrected chi connectivity index (χ0v) is 17.6. The third-order valence-electron chi connectivity index (χ3n) is 5.76. The summed E-state index contributed by atoms with van der Waals surface area (Å²) < 4.78 is 15.9. The van der Waals surface area contributed by atoms with E-state index in [4.69, 9.17) is 5.10 Å². The summed E-state index contributed by atoms with van der Waals surface area (Å²) in [6.07, 6.45) is 0. The fourth-order valence-electron chi connectivity index (χ4n) is 4.07. The molecule has 2 heterocycles. The molecule has 0 atom stereocenters. The highest BCUT2D eigenvalue weighted by Crippen LogP contribution is 2.24. The molecule has 0 saturated carbocycles. The summed E-state index contributed by atoms with van der Waals surface area (Å²) in [6, 6.07) is 28.2. The molecule has 0 aliphatic carbocycles. The number of rotatable bonds is 4. The highest BCUT2D eigenvalue weighted by molar-refractivity contribution is 5.94. The van der Waals surface area contributed by atoms with Gasteiger partial charge >= 0.3 is 0 Å². The van der Waals surface area contributed by atoms with Gasteiger partial charge in [-0.15, -0.1) is 0 Å². The van der Waals surface area contributed by atoms with Gasteiger partial charge in [0.15, 0.2) is 0 Å². The molecule has 4 aromatic rings. The van der Waals surface area contributed by atoms with Crippen LogP contribution < -0.4 is 4.90 Å². The Bertz CT molecular complexity index is 1220. The highest BCUT2D eigenvalue weighted by Gasteiger charge is 2.27. The molecular formula is C26H23FN4O. The summed E-state index contributed by atoms with van der Waals surface area (Å²) in [4.78, 5) is 17.3. The van der Waals surface area contributed by atoms with Gasteiger partial charge in [0.2, 0.25) is 0 Å².